The number of esters is 1. The van der Waals surface area contributed by atoms with Crippen LogP contribution in [0.4, 0.5) is 5.69 Å². The molecule has 0 aliphatic rings. The molecule has 0 bridgehead atoms. The van der Waals surface area contributed by atoms with Crippen LogP contribution in [0.1, 0.15) is 0 Å². The van der Waals surface area contributed by atoms with Crippen molar-refractivity contribution >= 4 is 29.0 Å². The van der Waals surface area contributed by atoms with Gasteiger partial charge >= 0.3 is 5.97 Å². The number of rotatable bonds is 3. The van der Waals surface area contributed by atoms with Crippen molar-refractivity contribution in [2.24, 2.45) is 5.10 Å². The standard InChI is InChI=1S/C10H8ClN3O2/c1-16-10(15)9(6-12)14-13-8-4-2-3-7(11)5-8/h2-5,13H,1H3. The summed E-state index contributed by atoms with van der Waals surface area (Å²) in [7, 11) is 1.18. The zero-order chi connectivity index (χ0) is 12.0. The van der Waals surface area contributed by atoms with E-state index >= 15 is 0 Å². The largest absolute Gasteiger partial charge is 0.464 e. The third kappa shape index (κ3) is 3.26. The van der Waals surface area contributed by atoms with Crippen LogP contribution in [0.2, 0.25) is 5.02 Å². The zero-order valence-electron chi connectivity index (χ0n) is 8.40. The van der Waals surface area contributed by atoms with E-state index in [1.54, 1.807) is 30.3 Å². The van der Waals surface area contributed by atoms with E-state index in [4.69, 9.17) is 16.9 Å². The monoisotopic (exact) mass is 237 g/mol. The number of hydrazone groups is 1. The topological polar surface area (TPSA) is 74.5 Å². The highest BCUT2D eigenvalue weighted by Crippen LogP contribution is 2.14. The van der Waals surface area contributed by atoms with Gasteiger partial charge in [-0.05, 0) is 18.2 Å². The molecule has 0 atom stereocenters. The van der Waals surface area contributed by atoms with Crippen LogP contribution in [0.15, 0.2) is 29.4 Å². The first-order chi connectivity index (χ1) is 7.67. The highest BCUT2D eigenvalue weighted by atomic mass is 35.5. The molecule has 1 aromatic carbocycles. The third-order valence-electron chi connectivity index (χ3n) is 1.61. The van der Waals surface area contributed by atoms with Crippen molar-refractivity contribution in [2.45, 2.75) is 0 Å². The van der Waals surface area contributed by atoms with Crippen molar-refractivity contribution in [2.75, 3.05) is 12.5 Å². The summed E-state index contributed by atoms with van der Waals surface area (Å²) in [5.74, 6) is -0.794. The molecule has 0 amide bonds. The average molecular weight is 238 g/mol. The van der Waals surface area contributed by atoms with E-state index in [-0.39, 0.29) is 5.71 Å². The molecular weight excluding hydrogens is 230 g/mol. The minimum absolute atomic E-state index is 0.359. The molecule has 6 heteroatoms. The normalized spacial score (nSPS) is 10.4. The molecule has 0 aliphatic heterocycles. The second kappa shape index (κ2) is 5.73. The molecule has 5 nitrogen and oxygen atoms in total. The number of nitrogens with zero attached hydrogens (tertiary/aromatic N) is 2. The lowest BCUT2D eigenvalue weighted by Gasteiger charge is -2.00. The van der Waals surface area contributed by atoms with Gasteiger partial charge in [0, 0.05) is 5.02 Å². The number of halogens is 1. The van der Waals surface area contributed by atoms with Gasteiger partial charge in [0.15, 0.2) is 0 Å². The molecule has 0 heterocycles. The lowest BCUT2D eigenvalue weighted by Crippen LogP contribution is -2.15. The summed E-state index contributed by atoms with van der Waals surface area (Å²) in [4.78, 5) is 11.0. The van der Waals surface area contributed by atoms with Crippen LogP contribution in [0.3, 0.4) is 0 Å². The average Bonchev–Trinajstić information content (AvgIpc) is 2.29. The van der Waals surface area contributed by atoms with E-state index < -0.39 is 5.97 Å². The maximum atomic E-state index is 11.0. The number of carbonyl (C=O) groups is 1. The van der Waals surface area contributed by atoms with Gasteiger partial charge in [-0.25, -0.2) is 4.79 Å². The van der Waals surface area contributed by atoms with Gasteiger partial charge in [-0.1, -0.05) is 17.7 Å². The summed E-state index contributed by atoms with van der Waals surface area (Å²) in [6.45, 7) is 0. The molecule has 0 fully saturated rings. The molecule has 0 saturated heterocycles. The maximum absolute atomic E-state index is 11.0. The van der Waals surface area contributed by atoms with Gasteiger partial charge in [-0.3, -0.25) is 5.43 Å². The highest BCUT2D eigenvalue weighted by Gasteiger charge is 2.10. The van der Waals surface area contributed by atoms with Gasteiger partial charge in [0.1, 0.15) is 6.07 Å². The number of anilines is 1. The van der Waals surface area contributed by atoms with Crippen molar-refractivity contribution in [1.29, 1.82) is 5.26 Å². The molecule has 0 unspecified atom stereocenters. The van der Waals surface area contributed by atoms with E-state index in [9.17, 15) is 4.79 Å². The van der Waals surface area contributed by atoms with Crippen LogP contribution in [0, 0.1) is 11.3 Å². The number of benzene rings is 1. The lowest BCUT2D eigenvalue weighted by molar-refractivity contribution is -0.132. The predicted molar refractivity (Wildman–Crippen MR) is 60.1 cm³/mol. The minimum Gasteiger partial charge on any atom is -0.464 e. The number of ether oxygens (including phenoxy) is 1. The molecule has 82 valence electrons. The van der Waals surface area contributed by atoms with Crippen LogP contribution in [0.5, 0.6) is 0 Å². The van der Waals surface area contributed by atoms with Crippen LogP contribution in [-0.4, -0.2) is 18.8 Å². The van der Waals surface area contributed by atoms with Gasteiger partial charge in [0.25, 0.3) is 0 Å². The quantitative estimate of drug-likeness (QED) is 0.494. The van der Waals surface area contributed by atoms with Crippen LogP contribution in [0.25, 0.3) is 0 Å². The van der Waals surface area contributed by atoms with E-state index in [0.717, 1.165) is 0 Å². The number of nitriles is 1. The Labute approximate surface area is 97.3 Å². The summed E-state index contributed by atoms with van der Waals surface area (Å²) in [5, 5.41) is 12.7. The molecule has 16 heavy (non-hydrogen) atoms. The number of carbonyl (C=O) groups excluding carboxylic acids is 1. The summed E-state index contributed by atoms with van der Waals surface area (Å²) >= 11 is 5.74. The van der Waals surface area contributed by atoms with Crippen LogP contribution in [-0.2, 0) is 9.53 Å². The van der Waals surface area contributed by atoms with Crippen molar-refractivity contribution in [3.63, 3.8) is 0 Å². The number of hydrogen-bond acceptors (Lipinski definition) is 5. The molecule has 0 spiro atoms. The molecule has 1 N–H and O–H groups in total. The van der Waals surface area contributed by atoms with Gasteiger partial charge in [-0.2, -0.15) is 10.4 Å². The first kappa shape index (κ1) is 12.0. The molecule has 1 aromatic rings. The second-order valence-corrected chi connectivity index (χ2v) is 3.12. The van der Waals surface area contributed by atoms with Crippen molar-refractivity contribution in [3.8, 4) is 6.07 Å². The van der Waals surface area contributed by atoms with Crippen LogP contribution < -0.4 is 5.43 Å². The first-order valence-corrected chi connectivity index (χ1v) is 4.63. The first-order valence-electron chi connectivity index (χ1n) is 4.25. The fourth-order valence-electron chi connectivity index (χ4n) is 0.891. The van der Waals surface area contributed by atoms with Crippen LogP contribution >= 0.6 is 11.6 Å². The minimum atomic E-state index is -0.794. The van der Waals surface area contributed by atoms with E-state index in [2.05, 4.69) is 15.3 Å². The summed E-state index contributed by atoms with van der Waals surface area (Å²) < 4.78 is 4.36. The van der Waals surface area contributed by atoms with Gasteiger partial charge in [0.2, 0.25) is 5.71 Å². The molecule has 0 aliphatic carbocycles. The van der Waals surface area contributed by atoms with Gasteiger partial charge < -0.3 is 4.74 Å². The molecule has 0 aromatic heterocycles. The molecule has 0 saturated carbocycles. The van der Waals surface area contributed by atoms with Crippen molar-refractivity contribution in [3.05, 3.63) is 29.3 Å². The van der Waals surface area contributed by atoms with Crippen molar-refractivity contribution < 1.29 is 9.53 Å². The summed E-state index contributed by atoms with van der Waals surface area (Å²) in [6, 6.07) is 8.33. The molecular formula is C10H8ClN3O2. The Bertz CT molecular complexity index is 465. The smallest absolute Gasteiger partial charge is 0.369 e. The number of hydrogen-bond donors (Lipinski definition) is 1. The Hall–Kier alpha value is -2.06. The fraction of sp³-hybridized carbons (Fsp3) is 0.100. The predicted octanol–water partition coefficient (Wildman–Crippen LogP) is 1.80. The Balaban J connectivity index is 2.79. The molecule has 1 rings (SSSR count). The Kier molecular flexibility index (Phi) is 4.30. The molecule has 0 radical (unpaired) electrons. The van der Waals surface area contributed by atoms with Gasteiger partial charge in [0.05, 0.1) is 12.8 Å². The number of methoxy groups -OCH3 is 1. The van der Waals surface area contributed by atoms with Gasteiger partial charge in [-0.15, -0.1) is 0 Å². The summed E-state index contributed by atoms with van der Waals surface area (Å²) in [6.07, 6.45) is 0. The Morgan fingerprint density at radius 1 is 1.62 bits per heavy atom. The highest BCUT2D eigenvalue weighted by molar-refractivity contribution is 6.43. The van der Waals surface area contributed by atoms with E-state index in [1.807, 2.05) is 0 Å². The SMILES string of the molecule is COC(=O)C(C#N)=NNc1cccc(Cl)c1. The number of nitrogens with one attached hydrogen (secondary N) is 1. The third-order valence-corrected chi connectivity index (χ3v) is 1.84. The van der Waals surface area contributed by atoms with E-state index in [0.29, 0.717) is 10.7 Å². The Morgan fingerprint density at radius 2 is 2.38 bits per heavy atom. The lowest BCUT2D eigenvalue weighted by atomic mass is 10.3. The second-order valence-electron chi connectivity index (χ2n) is 2.69. The summed E-state index contributed by atoms with van der Waals surface area (Å²) in [5.41, 5.74) is 2.75. The maximum Gasteiger partial charge on any atom is 0.369 e. The van der Waals surface area contributed by atoms with Crippen molar-refractivity contribution in [1.82, 2.24) is 0 Å². The van der Waals surface area contributed by atoms with E-state index in [1.165, 1.54) is 7.11 Å². The fourth-order valence-corrected chi connectivity index (χ4v) is 1.08. The Morgan fingerprint density at radius 3 is 2.94 bits per heavy atom. The zero-order valence-corrected chi connectivity index (χ0v) is 9.15.